The molecule has 0 bridgehead atoms. The van der Waals surface area contributed by atoms with Crippen molar-refractivity contribution in [3.05, 3.63) is 154 Å². The molecule has 5 heteroatoms. The zero-order valence-corrected chi connectivity index (χ0v) is 22.7. The number of benzene rings is 4. The first kappa shape index (κ1) is 25.8. The molecule has 0 atom stereocenters. The topological polar surface area (TPSA) is 44.9 Å². The molecule has 4 nitrogen and oxygen atoms in total. The normalized spacial score (nSPS) is 11.3. The second-order valence-electron chi connectivity index (χ2n) is 8.70. The third kappa shape index (κ3) is 6.34. The Balaban J connectivity index is 1.31. The van der Waals surface area contributed by atoms with E-state index in [2.05, 4.69) is 107 Å². The summed E-state index contributed by atoms with van der Waals surface area (Å²) in [6.45, 7) is 7.00. The van der Waals surface area contributed by atoms with Crippen LogP contribution in [0.5, 0.6) is 0 Å². The van der Waals surface area contributed by atoms with Crippen molar-refractivity contribution in [3.8, 4) is 10.0 Å². The van der Waals surface area contributed by atoms with E-state index in [1.807, 2.05) is 36.4 Å². The SMILES string of the molecule is [C-]#[N+]/C(=C\c1ccc(-c2ccc(/C=C/c3ccc(N(c4ccccc4)c4ccccc4)cc3)[se]2)cc1)C(=O)O. The maximum absolute atomic E-state index is 11.1. The molecular weight excluding hydrogens is 547 g/mol. The van der Waals surface area contributed by atoms with Gasteiger partial charge in [-0.15, -0.1) is 0 Å². The van der Waals surface area contributed by atoms with Crippen LogP contribution in [0.25, 0.3) is 33.1 Å². The number of hydrogen-bond donors (Lipinski definition) is 1. The minimum absolute atomic E-state index is 0.175. The monoisotopic (exact) mass is 572 g/mol. The summed E-state index contributed by atoms with van der Waals surface area (Å²) in [6.07, 6.45) is 5.72. The summed E-state index contributed by atoms with van der Waals surface area (Å²) in [5.74, 6) is -1.21. The summed E-state index contributed by atoms with van der Waals surface area (Å²) in [6, 6.07) is 41.3. The van der Waals surface area contributed by atoms with Gasteiger partial charge >= 0.3 is 235 Å². The van der Waals surface area contributed by atoms with Crippen LogP contribution in [-0.4, -0.2) is 25.6 Å². The van der Waals surface area contributed by atoms with Gasteiger partial charge in [0.25, 0.3) is 0 Å². The molecule has 0 spiro atoms. The number of rotatable bonds is 8. The van der Waals surface area contributed by atoms with Crippen LogP contribution < -0.4 is 4.90 Å². The van der Waals surface area contributed by atoms with Gasteiger partial charge in [0.1, 0.15) is 0 Å². The molecule has 4 aromatic carbocycles. The first-order valence-electron chi connectivity index (χ1n) is 12.3. The molecule has 0 amide bonds. The van der Waals surface area contributed by atoms with Gasteiger partial charge in [-0.2, -0.15) is 0 Å². The fourth-order valence-corrected chi connectivity index (χ4v) is 6.08. The number of aliphatic carboxylic acids is 1. The van der Waals surface area contributed by atoms with Crippen molar-refractivity contribution in [1.29, 1.82) is 0 Å². The number of carboxylic acid groups (broad SMARTS) is 1. The van der Waals surface area contributed by atoms with Crippen LogP contribution in [-0.2, 0) is 4.79 Å². The summed E-state index contributed by atoms with van der Waals surface area (Å²) in [5, 5.41) is 9.05. The Bertz CT molecular complexity index is 1620. The van der Waals surface area contributed by atoms with E-state index in [0.29, 0.717) is 5.56 Å². The van der Waals surface area contributed by atoms with Gasteiger partial charge < -0.3 is 0 Å². The van der Waals surface area contributed by atoms with E-state index in [1.54, 1.807) is 0 Å². The van der Waals surface area contributed by atoms with Crippen LogP contribution in [0.2, 0.25) is 0 Å². The van der Waals surface area contributed by atoms with E-state index in [0.717, 1.165) is 28.2 Å². The number of carbonyl (C=O) groups is 1. The molecule has 5 rings (SSSR count). The number of hydrogen-bond acceptors (Lipinski definition) is 2. The molecule has 1 heterocycles. The molecule has 1 aromatic heterocycles. The molecule has 39 heavy (non-hydrogen) atoms. The summed E-state index contributed by atoms with van der Waals surface area (Å²) >= 11 is 0.175. The van der Waals surface area contributed by atoms with Crippen molar-refractivity contribution >= 4 is 55.8 Å². The molecule has 0 aliphatic heterocycles. The number of para-hydroxylation sites is 2. The third-order valence-electron chi connectivity index (χ3n) is 6.09. The molecule has 1 N–H and O–H groups in total. The number of anilines is 3. The fraction of sp³-hybridized carbons (Fsp3) is 0. The fourth-order valence-electron chi connectivity index (χ4n) is 4.16. The van der Waals surface area contributed by atoms with Crippen molar-refractivity contribution < 1.29 is 9.90 Å². The summed E-state index contributed by atoms with van der Waals surface area (Å²) in [7, 11) is 0. The molecule has 0 fully saturated rings. The Morgan fingerprint density at radius 1 is 0.692 bits per heavy atom. The quantitative estimate of drug-likeness (QED) is 0.116. The van der Waals surface area contributed by atoms with Gasteiger partial charge in [-0.05, 0) is 0 Å². The molecule has 0 saturated carbocycles. The van der Waals surface area contributed by atoms with Crippen molar-refractivity contribution in [2.24, 2.45) is 0 Å². The van der Waals surface area contributed by atoms with Crippen molar-refractivity contribution in [2.45, 2.75) is 0 Å². The Morgan fingerprint density at radius 2 is 1.26 bits per heavy atom. The Hall–Kier alpha value is -4.88. The second kappa shape index (κ2) is 12.1. The van der Waals surface area contributed by atoms with Crippen LogP contribution in [0.1, 0.15) is 15.6 Å². The Kier molecular flexibility index (Phi) is 8.00. The molecule has 0 unspecified atom stereocenters. The zero-order chi connectivity index (χ0) is 27.0. The summed E-state index contributed by atoms with van der Waals surface area (Å²) in [4.78, 5) is 16.4. The number of nitrogens with zero attached hydrogens (tertiary/aromatic N) is 2. The van der Waals surface area contributed by atoms with Crippen LogP contribution in [0.4, 0.5) is 17.1 Å². The molecule has 0 saturated heterocycles. The van der Waals surface area contributed by atoms with Gasteiger partial charge in [0, 0.05) is 0 Å². The van der Waals surface area contributed by atoms with E-state index in [-0.39, 0.29) is 20.2 Å². The van der Waals surface area contributed by atoms with Crippen molar-refractivity contribution in [2.75, 3.05) is 4.90 Å². The van der Waals surface area contributed by atoms with Crippen LogP contribution in [0.3, 0.4) is 0 Å². The molecule has 0 radical (unpaired) electrons. The van der Waals surface area contributed by atoms with Gasteiger partial charge in [-0.1, -0.05) is 0 Å². The average molecular weight is 572 g/mol. The predicted octanol–water partition coefficient (Wildman–Crippen LogP) is 8.40. The first-order chi connectivity index (χ1) is 19.1. The second-order valence-corrected chi connectivity index (χ2v) is 11.0. The van der Waals surface area contributed by atoms with E-state index in [4.69, 9.17) is 11.7 Å². The molecule has 0 aliphatic rings. The van der Waals surface area contributed by atoms with Crippen LogP contribution in [0.15, 0.2) is 127 Å². The van der Waals surface area contributed by atoms with Crippen molar-refractivity contribution in [1.82, 2.24) is 0 Å². The Labute approximate surface area is 234 Å². The van der Waals surface area contributed by atoms with Gasteiger partial charge in [0.05, 0.1) is 0 Å². The molecule has 5 aromatic rings. The standard InChI is InChI=1S/C34H24N2O2Se/c1-35-32(34(37)38)24-26-12-17-27(18-13-26)33-23-22-31(39-33)21-16-25-14-19-30(20-15-25)36(28-8-4-2-5-9-28)29-10-6-3-7-11-29/h2-24H,(H,37,38)/b21-16+,32-24-. The summed E-state index contributed by atoms with van der Waals surface area (Å²) < 4.78 is 2.54. The maximum atomic E-state index is 11.1. The van der Waals surface area contributed by atoms with Gasteiger partial charge in [-0.3, -0.25) is 0 Å². The predicted molar refractivity (Wildman–Crippen MR) is 161 cm³/mol. The van der Waals surface area contributed by atoms with Gasteiger partial charge in [-0.25, -0.2) is 0 Å². The third-order valence-corrected chi connectivity index (χ3v) is 8.39. The summed E-state index contributed by atoms with van der Waals surface area (Å²) in [5.41, 5.74) is 5.98. The Morgan fingerprint density at radius 3 is 1.82 bits per heavy atom. The average Bonchev–Trinajstić information content (AvgIpc) is 3.46. The zero-order valence-electron chi connectivity index (χ0n) is 20.9. The first-order valence-corrected chi connectivity index (χ1v) is 14.0. The minimum atomic E-state index is -1.21. The molecular formula is C34H24N2O2Se. The van der Waals surface area contributed by atoms with E-state index in [9.17, 15) is 4.79 Å². The van der Waals surface area contributed by atoms with E-state index in [1.165, 1.54) is 15.0 Å². The molecule has 188 valence electrons. The van der Waals surface area contributed by atoms with Gasteiger partial charge in [0.2, 0.25) is 0 Å². The van der Waals surface area contributed by atoms with E-state index < -0.39 is 5.97 Å². The van der Waals surface area contributed by atoms with Crippen molar-refractivity contribution in [3.63, 3.8) is 0 Å². The van der Waals surface area contributed by atoms with E-state index >= 15 is 0 Å². The number of carboxylic acids is 1. The van der Waals surface area contributed by atoms with Crippen LogP contribution >= 0.6 is 0 Å². The van der Waals surface area contributed by atoms with Gasteiger partial charge in [0.15, 0.2) is 0 Å². The van der Waals surface area contributed by atoms with Crippen LogP contribution in [0, 0.1) is 6.57 Å². The molecule has 0 aliphatic carbocycles.